The molecule has 0 aliphatic carbocycles. The molecule has 0 bridgehead atoms. The molecule has 0 saturated heterocycles. The highest BCUT2D eigenvalue weighted by Crippen LogP contribution is 2.31. The van der Waals surface area contributed by atoms with Crippen LogP contribution in [0.1, 0.15) is 15.4 Å². The number of para-hydroxylation sites is 1. The monoisotopic (exact) mass is 411 g/mol. The van der Waals surface area contributed by atoms with E-state index in [2.05, 4.69) is 4.98 Å². The average Bonchev–Trinajstić information content (AvgIpc) is 3.09. The van der Waals surface area contributed by atoms with Crippen LogP contribution in [0.5, 0.6) is 5.75 Å². The maximum absolute atomic E-state index is 14.3. The van der Waals surface area contributed by atoms with Crippen molar-refractivity contribution in [2.24, 2.45) is 5.73 Å². The van der Waals surface area contributed by atoms with Crippen molar-refractivity contribution >= 4 is 33.1 Å². The summed E-state index contributed by atoms with van der Waals surface area (Å²) in [5.74, 6) is -3.62. The van der Waals surface area contributed by atoms with E-state index in [0.29, 0.717) is 10.7 Å². The molecule has 0 radical (unpaired) electrons. The highest BCUT2D eigenvalue weighted by molar-refractivity contribution is 7.18. The van der Waals surface area contributed by atoms with E-state index >= 15 is 0 Å². The Morgan fingerprint density at radius 1 is 1.10 bits per heavy atom. The number of halogens is 2. The first-order valence-corrected chi connectivity index (χ1v) is 9.40. The summed E-state index contributed by atoms with van der Waals surface area (Å²) in [5.41, 5.74) is 13.5. The number of thiazole rings is 1. The van der Waals surface area contributed by atoms with E-state index in [9.17, 15) is 13.6 Å². The number of benzene rings is 3. The number of rotatable bonds is 5. The summed E-state index contributed by atoms with van der Waals surface area (Å²) < 4.78 is 34.2. The number of anilines is 1. The van der Waals surface area contributed by atoms with Crippen LogP contribution in [0.4, 0.5) is 14.5 Å². The van der Waals surface area contributed by atoms with Crippen LogP contribution in [0.3, 0.4) is 0 Å². The molecule has 1 heterocycles. The van der Waals surface area contributed by atoms with Crippen molar-refractivity contribution in [1.29, 1.82) is 0 Å². The van der Waals surface area contributed by atoms with Gasteiger partial charge in [0.05, 0.1) is 10.2 Å². The second kappa shape index (κ2) is 7.48. The van der Waals surface area contributed by atoms with Gasteiger partial charge in [-0.15, -0.1) is 11.3 Å². The van der Waals surface area contributed by atoms with E-state index in [-0.39, 0.29) is 12.4 Å². The first-order chi connectivity index (χ1) is 13.9. The van der Waals surface area contributed by atoms with E-state index in [0.717, 1.165) is 33.5 Å². The van der Waals surface area contributed by atoms with E-state index in [1.54, 1.807) is 0 Å². The van der Waals surface area contributed by atoms with Crippen molar-refractivity contribution in [1.82, 2.24) is 4.98 Å². The lowest BCUT2D eigenvalue weighted by molar-refractivity contribution is 0.0991. The molecular weight excluding hydrogens is 396 g/mol. The SMILES string of the molecule is NC(=O)c1c(F)ccc(OCc2nc3cc(-c4ccccc4N)ccc3s2)c1F. The van der Waals surface area contributed by atoms with Crippen LogP contribution in [-0.4, -0.2) is 10.9 Å². The van der Waals surface area contributed by atoms with Crippen molar-refractivity contribution in [2.45, 2.75) is 6.61 Å². The number of amides is 1. The summed E-state index contributed by atoms with van der Waals surface area (Å²) in [7, 11) is 0. The largest absolute Gasteiger partial charge is 0.483 e. The standard InChI is InChI=1S/C21H15F2N3O2S/c22-13-6-7-16(20(23)19(13)21(25)27)28-10-18-26-15-9-11(5-8-17(15)29-18)12-3-1-2-4-14(12)24/h1-9H,10,24H2,(H2,25,27). The molecule has 0 atom stereocenters. The number of hydrogen-bond acceptors (Lipinski definition) is 5. The first-order valence-electron chi connectivity index (χ1n) is 8.59. The zero-order valence-corrected chi connectivity index (χ0v) is 15.8. The molecule has 5 nitrogen and oxygen atoms in total. The highest BCUT2D eigenvalue weighted by atomic mass is 32.1. The summed E-state index contributed by atoms with van der Waals surface area (Å²) in [6, 6.07) is 15.4. The minimum atomic E-state index is -1.20. The third-order valence-corrected chi connectivity index (χ3v) is 5.37. The topological polar surface area (TPSA) is 91.2 Å². The molecule has 3 aromatic carbocycles. The lowest BCUT2D eigenvalue weighted by Crippen LogP contribution is -2.16. The van der Waals surface area contributed by atoms with Gasteiger partial charge in [0, 0.05) is 11.3 Å². The second-order valence-electron chi connectivity index (χ2n) is 6.26. The van der Waals surface area contributed by atoms with Crippen LogP contribution in [0.25, 0.3) is 21.3 Å². The molecule has 0 unspecified atom stereocenters. The Morgan fingerprint density at radius 2 is 1.90 bits per heavy atom. The Morgan fingerprint density at radius 3 is 2.66 bits per heavy atom. The van der Waals surface area contributed by atoms with Crippen molar-refractivity contribution in [3.8, 4) is 16.9 Å². The lowest BCUT2D eigenvalue weighted by atomic mass is 10.0. The molecule has 0 fully saturated rings. The molecule has 0 spiro atoms. The predicted octanol–water partition coefficient (Wildman–Crippen LogP) is 4.50. The number of nitrogens with zero attached hydrogens (tertiary/aromatic N) is 1. The summed E-state index contributed by atoms with van der Waals surface area (Å²) in [6.07, 6.45) is 0. The molecule has 4 aromatic rings. The van der Waals surface area contributed by atoms with Crippen molar-refractivity contribution < 1.29 is 18.3 Å². The number of hydrogen-bond donors (Lipinski definition) is 2. The van der Waals surface area contributed by atoms with E-state index < -0.39 is 23.1 Å². The molecule has 0 aliphatic rings. The Hall–Kier alpha value is -3.52. The fourth-order valence-corrected chi connectivity index (χ4v) is 3.84. The van der Waals surface area contributed by atoms with Crippen molar-refractivity contribution in [3.63, 3.8) is 0 Å². The molecule has 0 saturated carbocycles. The fraction of sp³-hybridized carbons (Fsp3) is 0.0476. The van der Waals surface area contributed by atoms with Gasteiger partial charge in [-0.2, -0.15) is 0 Å². The Balaban J connectivity index is 1.59. The van der Waals surface area contributed by atoms with Gasteiger partial charge < -0.3 is 16.2 Å². The summed E-state index contributed by atoms with van der Waals surface area (Å²) in [6.45, 7) is -0.0388. The van der Waals surface area contributed by atoms with Crippen LogP contribution in [0, 0.1) is 11.6 Å². The Bertz CT molecular complexity index is 1240. The van der Waals surface area contributed by atoms with Gasteiger partial charge in [-0.05, 0) is 35.9 Å². The Kier molecular flexibility index (Phi) is 4.85. The van der Waals surface area contributed by atoms with Crippen LogP contribution in [-0.2, 0) is 6.61 Å². The molecule has 1 amide bonds. The summed E-state index contributed by atoms with van der Waals surface area (Å²) >= 11 is 1.39. The number of ether oxygens (including phenoxy) is 1. The van der Waals surface area contributed by atoms with Crippen molar-refractivity contribution in [3.05, 3.63) is 76.8 Å². The maximum Gasteiger partial charge on any atom is 0.254 e. The van der Waals surface area contributed by atoms with Gasteiger partial charge in [0.25, 0.3) is 5.91 Å². The van der Waals surface area contributed by atoms with Crippen LogP contribution < -0.4 is 16.2 Å². The number of nitrogen functional groups attached to an aromatic ring is 1. The van der Waals surface area contributed by atoms with Gasteiger partial charge >= 0.3 is 0 Å². The highest BCUT2D eigenvalue weighted by Gasteiger charge is 2.19. The number of carbonyl (C=O) groups excluding carboxylic acids is 1. The smallest absolute Gasteiger partial charge is 0.254 e. The fourth-order valence-electron chi connectivity index (χ4n) is 2.97. The molecule has 146 valence electrons. The normalized spacial score (nSPS) is 11.0. The molecule has 0 aliphatic heterocycles. The third-order valence-electron chi connectivity index (χ3n) is 4.36. The zero-order chi connectivity index (χ0) is 20.5. The van der Waals surface area contributed by atoms with E-state index in [1.165, 1.54) is 11.3 Å². The molecule has 1 aromatic heterocycles. The number of nitrogens with two attached hydrogens (primary N) is 2. The molecule has 4 N–H and O–H groups in total. The van der Waals surface area contributed by atoms with Crippen LogP contribution >= 0.6 is 11.3 Å². The predicted molar refractivity (Wildman–Crippen MR) is 109 cm³/mol. The quantitative estimate of drug-likeness (QED) is 0.473. The second-order valence-corrected chi connectivity index (χ2v) is 7.38. The van der Waals surface area contributed by atoms with Crippen LogP contribution in [0.15, 0.2) is 54.6 Å². The first kappa shape index (κ1) is 18.8. The molecule has 4 rings (SSSR count). The zero-order valence-electron chi connectivity index (χ0n) is 15.0. The average molecular weight is 411 g/mol. The summed E-state index contributed by atoms with van der Waals surface area (Å²) in [5, 5.41) is 0.600. The molecule has 8 heteroatoms. The molecular formula is C21H15F2N3O2S. The molecule has 29 heavy (non-hydrogen) atoms. The number of fused-ring (bicyclic) bond motifs is 1. The minimum Gasteiger partial charge on any atom is -0.483 e. The third kappa shape index (κ3) is 3.62. The van der Waals surface area contributed by atoms with Gasteiger partial charge in [-0.3, -0.25) is 4.79 Å². The van der Waals surface area contributed by atoms with Gasteiger partial charge in [0.1, 0.15) is 23.0 Å². The van der Waals surface area contributed by atoms with Crippen molar-refractivity contribution in [2.75, 3.05) is 5.73 Å². The Labute approximate surface area is 168 Å². The number of carbonyl (C=O) groups is 1. The number of primary amides is 1. The van der Waals surface area contributed by atoms with Gasteiger partial charge in [-0.25, -0.2) is 13.8 Å². The number of aromatic nitrogens is 1. The minimum absolute atomic E-state index is 0.0388. The lowest BCUT2D eigenvalue weighted by Gasteiger charge is -2.08. The maximum atomic E-state index is 14.3. The summed E-state index contributed by atoms with van der Waals surface area (Å²) in [4.78, 5) is 15.7. The van der Waals surface area contributed by atoms with E-state index in [1.807, 2.05) is 42.5 Å². The van der Waals surface area contributed by atoms with Gasteiger partial charge in [0.15, 0.2) is 11.6 Å². The van der Waals surface area contributed by atoms with Gasteiger partial charge in [0.2, 0.25) is 0 Å². The van der Waals surface area contributed by atoms with Crippen LogP contribution in [0.2, 0.25) is 0 Å². The van der Waals surface area contributed by atoms with E-state index in [4.69, 9.17) is 16.2 Å². The van der Waals surface area contributed by atoms with Gasteiger partial charge in [-0.1, -0.05) is 24.3 Å².